The third-order valence-electron chi connectivity index (χ3n) is 3.75. The van der Waals surface area contributed by atoms with Crippen LogP contribution in [0, 0.1) is 0 Å². The molecule has 22 heavy (non-hydrogen) atoms. The molecule has 0 aliphatic carbocycles. The highest BCUT2D eigenvalue weighted by Gasteiger charge is 2.48. The molecule has 1 atom stereocenters. The molecule has 1 unspecified atom stereocenters. The zero-order valence-corrected chi connectivity index (χ0v) is 13.0. The van der Waals surface area contributed by atoms with E-state index >= 15 is 0 Å². The van der Waals surface area contributed by atoms with E-state index in [0.29, 0.717) is 34.8 Å². The molecule has 0 spiro atoms. The van der Waals surface area contributed by atoms with E-state index in [1.807, 2.05) is 13.8 Å². The van der Waals surface area contributed by atoms with Crippen LogP contribution in [0.1, 0.15) is 13.8 Å². The molecule has 1 aliphatic heterocycles. The zero-order chi connectivity index (χ0) is 15.9. The SMILES string of the molecule is COc1cc2ccc(=O)oc2c(OC)c1OCC1OC1(C)C. The van der Waals surface area contributed by atoms with Crippen LogP contribution in [0.25, 0.3) is 11.0 Å². The maximum atomic E-state index is 11.5. The standard InChI is InChI=1S/C16H18O6/c1-16(2)11(22-16)8-20-14-10(18-3)7-9-5-6-12(17)21-13(9)15(14)19-4/h5-7,11H,8H2,1-4H3. The fraction of sp³-hybridized carbons (Fsp3) is 0.438. The third kappa shape index (κ3) is 2.50. The Bertz CT molecular complexity index is 761. The lowest BCUT2D eigenvalue weighted by Gasteiger charge is -2.15. The van der Waals surface area contributed by atoms with Gasteiger partial charge in [0, 0.05) is 11.5 Å². The molecule has 2 aromatic rings. The maximum Gasteiger partial charge on any atom is 0.336 e. The molecule has 0 N–H and O–H groups in total. The minimum Gasteiger partial charge on any atom is -0.493 e. The molecule has 0 radical (unpaired) electrons. The first-order valence-corrected chi connectivity index (χ1v) is 6.95. The number of benzene rings is 1. The Balaban J connectivity index is 2.04. The first-order valence-electron chi connectivity index (χ1n) is 6.95. The molecular weight excluding hydrogens is 288 g/mol. The minimum atomic E-state index is -0.450. The van der Waals surface area contributed by atoms with Gasteiger partial charge in [0.25, 0.3) is 0 Å². The van der Waals surface area contributed by atoms with Gasteiger partial charge in [0.1, 0.15) is 12.7 Å². The lowest BCUT2D eigenvalue weighted by atomic mass is 10.1. The molecule has 118 valence electrons. The van der Waals surface area contributed by atoms with Crippen LogP contribution in [-0.2, 0) is 4.74 Å². The van der Waals surface area contributed by atoms with E-state index in [1.54, 1.807) is 19.2 Å². The number of rotatable bonds is 5. The molecule has 0 bridgehead atoms. The van der Waals surface area contributed by atoms with Crippen molar-refractivity contribution in [2.45, 2.75) is 25.6 Å². The van der Waals surface area contributed by atoms with Gasteiger partial charge >= 0.3 is 5.63 Å². The molecule has 1 aromatic carbocycles. The Hall–Kier alpha value is -2.21. The highest BCUT2D eigenvalue weighted by atomic mass is 16.6. The van der Waals surface area contributed by atoms with Gasteiger partial charge in [0.2, 0.25) is 11.5 Å². The summed E-state index contributed by atoms with van der Waals surface area (Å²) in [7, 11) is 3.04. The smallest absolute Gasteiger partial charge is 0.336 e. The second-order valence-electron chi connectivity index (χ2n) is 5.63. The van der Waals surface area contributed by atoms with Gasteiger partial charge in [0.05, 0.1) is 19.8 Å². The Labute approximate surface area is 127 Å². The second kappa shape index (κ2) is 5.21. The van der Waals surface area contributed by atoms with Crippen molar-refractivity contribution in [3.63, 3.8) is 0 Å². The monoisotopic (exact) mass is 306 g/mol. The van der Waals surface area contributed by atoms with Crippen molar-refractivity contribution >= 4 is 11.0 Å². The van der Waals surface area contributed by atoms with E-state index < -0.39 is 5.63 Å². The summed E-state index contributed by atoms with van der Waals surface area (Å²) >= 11 is 0. The molecular formula is C16H18O6. The summed E-state index contributed by atoms with van der Waals surface area (Å²) in [4.78, 5) is 11.5. The molecule has 0 amide bonds. The average molecular weight is 306 g/mol. The molecule has 1 aromatic heterocycles. The third-order valence-corrected chi connectivity index (χ3v) is 3.75. The molecule has 1 aliphatic rings. The summed E-state index contributed by atoms with van der Waals surface area (Å²) in [5.41, 5.74) is -0.292. The summed E-state index contributed by atoms with van der Waals surface area (Å²) in [5, 5.41) is 0.698. The van der Waals surface area contributed by atoms with Crippen LogP contribution in [0.2, 0.25) is 0 Å². The van der Waals surface area contributed by atoms with E-state index in [2.05, 4.69) is 0 Å². The van der Waals surface area contributed by atoms with Gasteiger partial charge in [-0.25, -0.2) is 4.79 Å². The molecule has 2 heterocycles. The van der Waals surface area contributed by atoms with E-state index in [1.165, 1.54) is 13.2 Å². The molecule has 6 nitrogen and oxygen atoms in total. The summed E-state index contributed by atoms with van der Waals surface area (Å²) in [5.74, 6) is 1.25. The van der Waals surface area contributed by atoms with E-state index in [4.69, 9.17) is 23.4 Å². The van der Waals surface area contributed by atoms with E-state index in [9.17, 15) is 4.79 Å². The van der Waals surface area contributed by atoms with Crippen molar-refractivity contribution in [2.24, 2.45) is 0 Å². The van der Waals surface area contributed by atoms with Crippen molar-refractivity contribution in [3.05, 3.63) is 28.6 Å². The fourth-order valence-corrected chi connectivity index (χ4v) is 2.34. The van der Waals surface area contributed by atoms with Crippen LogP contribution in [0.3, 0.4) is 0 Å². The Morgan fingerprint density at radius 2 is 1.91 bits per heavy atom. The Morgan fingerprint density at radius 1 is 1.18 bits per heavy atom. The fourth-order valence-electron chi connectivity index (χ4n) is 2.34. The van der Waals surface area contributed by atoms with Crippen molar-refractivity contribution in [2.75, 3.05) is 20.8 Å². The van der Waals surface area contributed by atoms with Crippen molar-refractivity contribution in [3.8, 4) is 17.2 Å². The Kier molecular flexibility index (Phi) is 3.48. The summed E-state index contributed by atoms with van der Waals surface area (Å²) in [6.07, 6.45) is 0.0143. The van der Waals surface area contributed by atoms with Crippen LogP contribution in [0.5, 0.6) is 17.2 Å². The van der Waals surface area contributed by atoms with Gasteiger partial charge in [-0.2, -0.15) is 0 Å². The molecule has 1 fully saturated rings. The van der Waals surface area contributed by atoms with Crippen molar-refractivity contribution in [1.29, 1.82) is 0 Å². The largest absolute Gasteiger partial charge is 0.493 e. The first-order chi connectivity index (χ1) is 10.5. The van der Waals surface area contributed by atoms with Crippen LogP contribution in [-0.4, -0.2) is 32.5 Å². The molecule has 3 rings (SSSR count). The summed E-state index contributed by atoms with van der Waals surface area (Å²) in [6, 6.07) is 4.75. The van der Waals surface area contributed by atoms with Crippen LogP contribution < -0.4 is 19.8 Å². The van der Waals surface area contributed by atoms with Gasteiger partial charge < -0.3 is 23.4 Å². The predicted octanol–water partition coefficient (Wildman–Crippen LogP) is 2.37. The van der Waals surface area contributed by atoms with Crippen molar-refractivity contribution in [1.82, 2.24) is 0 Å². The van der Waals surface area contributed by atoms with Crippen LogP contribution >= 0.6 is 0 Å². The van der Waals surface area contributed by atoms with Gasteiger partial charge in [-0.05, 0) is 26.0 Å². The molecule has 6 heteroatoms. The number of ether oxygens (including phenoxy) is 4. The number of hydrogen-bond donors (Lipinski definition) is 0. The van der Waals surface area contributed by atoms with Gasteiger partial charge in [-0.1, -0.05) is 0 Å². The topological polar surface area (TPSA) is 70.4 Å². The first kappa shape index (κ1) is 14.7. The zero-order valence-electron chi connectivity index (χ0n) is 13.0. The molecule has 0 saturated carbocycles. The lowest BCUT2D eigenvalue weighted by Crippen LogP contribution is -2.13. The van der Waals surface area contributed by atoms with Gasteiger partial charge in [0.15, 0.2) is 11.3 Å². The van der Waals surface area contributed by atoms with Crippen LogP contribution in [0.15, 0.2) is 27.4 Å². The normalized spacial score (nSPS) is 19.0. The maximum absolute atomic E-state index is 11.5. The highest BCUT2D eigenvalue weighted by Crippen LogP contribution is 2.44. The number of epoxide rings is 1. The molecule has 1 saturated heterocycles. The average Bonchev–Trinajstić information content (AvgIpc) is 3.10. The van der Waals surface area contributed by atoms with Gasteiger partial charge in [-0.3, -0.25) is 0 Å². The number of hydrogen-bond acceptors (Lipinski definition) is 6. The minimum absolute atomic E-state index is 0.0143. The lowest BCUT2D eigenvalue weighted by molar-refractivity contribution is 0.236. The van der Waals surface area contributed by atoms with E-state index in [-0.39, 0.29) is 11.7 Å². The summed E-state index contributed by atoms with van der Waals surface area (Å²) < 4.78 is 27.3. The van der Waals surface area contributed by atoms with E-state index in [0.717, 1.165) is 0 Å². The Morgan fingerprint density at radius 3 is 2.50 bits per heavy atom. The second-order valence-corrected chi connectivity index (χ2v) is 5.63. The number of fused-ring (bicyclic) bond motifs is 1. The van der Waals surface area contributed by atoms with Crippen molar-refractivity contribution < 1.29 is 23.4 Å². The predicted molar refractivity (Wildman–Crippen MR) is 80.0 cm³/mol. The van der Waals surface area contributed by atoms with Crippen LogP contribution in [0.4, 0.5) is 0 Å². The summed E-state index contributed by atoms with van der Waals surface area (Å²) in [6.45, 7) is 4.35. The van der Waals surface area contributed by atoms with Gasteiger partial charge in [-0.15, -0.1) is 0 Å². The number of methoxy groups -OCH3 is 2. The highest BCUT2D eigenvalue weighted by molar-refractivity contribution is 5.88. The quantitative estimate of drug-likeness (QED) is 0.624.